The molecular formula is C8H7F3N2O3. The number of esters is 1. The van der Waals surface area contributed by atoms with Gasteiger partial charge in [0.1, 0.15) is 0 Å². The number of ether oxygens (including phenoxy) is 2. The van der Waals surface area contributed by atoms with Crippen molar-refractivity contribution in [3.05, 3.63) is 17.6 Å². The zero-order valence-electron chi connectivity index (χ0n) is 8.33. The first-order chi connectivity index (χ1) is 7.40. The summed E-state index contributed by atoms with van der Waals surface area (Å²) in [6.45, 7) is 0. The standard InChI is InChI=1S/C8H7F3N2O3/c1-15-6-5(7(14)16-2)12-3-4(13-6)8(9,10)11/h3H,1-2H3. The summed E-state index contributed by atoms with van der Waals surface area (Å²) in [6.07, 6.45) is -4.20. The van der Waals surface area contributed by atoms with E-state index in [9.17, 15) is 18.0 Å². The van der Waals surface area contributed by atoms with Crippen LogP contribution in [0.1, 0.15) is 16.2 Å². The highest BCUT2D eigenvalue weighted by atomic mass is 19.4. The molecule has 5 nitrogen and oxygen atoms in total. The number of carbonyl (C=O) groups excluding carboxylic acids is 1. The summed E-state index contributed by atoms with van der Waals surface area (Å²) in [5.41, 5.74) is -1.64. The van der Waals surface area contributed by atoms with Gasteiger partial charge < -0.3 is 9.47 Å². The molecule has 0 saturated heterocycles. The largest absolute Gasteiger partial charge is 0.479 e. The highest BCUT2D eigenvalue weighted by Gasteiger charge is 2.34. The van der Waals surface area contributed by atoms with Crippen molar-refractivity contribution in [3.63, 3.8) is 0 Å². The van der Waals surface area contributed by atoms with Gasteiger partial charge in [0.25, 0.3) is 0 Å². The minimum atomic E-state index is -4.64. The molecule has 1 aromatic heterocycles. The molecule has 0 aliphatic carbocycles. The van der Waals surface area contributed by atoms with Crippen molar-refractivity contribution >= 4 is 5.97 Å². The van der Waals surface area contributed by atoms with Crippen molar-refractivity contribution in [1.29, 1.82) is 0 Å². The van der Waals surface area contributed by atoms with Crippen molar-refractivity contribution in [2.24, 2.45) is 0 Å². The van der Waals surface area contributed by atoms with Crippen LogP contribution in [-0.2, 0) is 10.9 Å². The third kappa shape index (κ3) is 2.38. The van der Waals surface area contributed by atoms with Gasteiger partial charge in [-0.3, -0.25) is 0 Å². The maximum Gasteiger partial charge on any atom is 0.435 e. The fourth-order valence-corrected chi connectivity index (χ4v) is 0.888. The lowest BCUT2D eigenvalue weighted by atomic mass is 10.4. The Morgan fingerprint density at radius 3 is 2.44 bits per heavy atom. The topological polar surface area (TPSA) is 61.3 Å². The normalized spacial score (nSPS) is 11.1. The Morgan fingerprint density at radius 2 is 2.00 bits per heavy atom. The maximum absolute atomic E-state index is 12.2. The van der Waals surface area contributed by atoms with E-state index in [2.05, 4.69) is 19.4 Å². The van der Waals surface area contributed by atoms with E-state index in [4.69, 9.17) is 0 Å². The van der Waals surface area contributed by atoms with E-state index in [1.54, 1.807) is 0 Å². The number of nitrogens with zero attached hydrogens (tertiary/aromatic N) is 2. The van der Waals surface area contributed by atoms with Crippen molar-refractivity contribution in [2.75, 3.05) is 14.2 Å². The number of rotatable bonds is 2. The molecule has 0 amide bonds. The van der Waals surface area contributed by atoms with Crippen LogP contribution in [0, 0.1) is 0 Å². The lowest BCUT2D eigenvalue weighted by molar-refractivity contribution is -0.141. The number of hydrogen-bond donors (Lipinski definition) is 0. The first-order valence-electron chi connectivity index (χ1n) is 3.96. The lowest BCUT2D eigenvalue weighted by Gasteiger charge is -2.08. The Morgan fingerprint density at radius 1 is 1.38 bits per heavy atom. The molecule has 0 radical (unpaired) electrons. The smallest absolute Gasteiger partial charge is 0.435 e. The van der Waals surface area contributed by atoms with Crippen LogP contribution in [0.5, 0.6) is 5.88 Å². The molecule has 8 heteroatoms. The molecule has 0 aliphatic heterocycles. The zero-order chi connectivity index (χ0) is 12.3. The molecule has 0 aliphatic rings. The van der Waals surface area contributed by atoms with Crippen molar-refractivity contribution in [3.8, 4) is 5.88 Å². The molecule has 0 bridgehead atoms. The third-order valence-electron chi connectivity index (χ3n) is 1.60. The average molecular weight is 236 g/mol. The summed E-state index contributed by atoms with van der Waals surface area (Å²) in [5, 5.41) is 0. The minimum absolute atomic E-state index is 0.405. The Labute approximate surface area is 88.2 Å². The predicted octanol–water partition coefficient (Wildman–Crippen LogP) is 1.29. The average Bonchev–Trinajstić information content (AvgIpc) is 2.26. The van der Waals surface area contributed by atoms with Gasteiger partial charge in [0, 0.05) is 0 Å². The number of aromatic nitrogens is 2. The highest BCUT2D eigenvalue weighted by Crippen LogP contribution is 2.29. The Hall–Kier alpha value is -1.86. The fraction of sp³-hybridized carbons (Fsp3) is 0.375. The number of methoxy groups -OCH3 is 2. The molecule has 0 aromatic carbocycles. The summed E-state index contributed by atoms with van der Waals surface area (Å²) in [7, 11) is 2.15. The molecule has 0 saturated carbocycles. The van der Waals surface area contributed by atoms with Crippen LogP contribution in [0.3, 0.4) is 0 Å². The molecule has 0 fully saturated rings. The van der Waals surface area contributed by atoms with Gasteiger partial charge in [-0.25, -0.2) is 14.8 Å². The van der Waals surface area contributed by atoms with Crippen LogP contribution < -0.4 is 4.74 Å². The lowest BCUT2D eigenvalue weighted by Crippen LogP contribution is -2.14. The number of hydrogen-bond acceptors (Lipinski definition) is 5. The van der Waals surface area contributed by atoms with E-state index in [0.29, 0.717) is 6.20 Å². The first-order valence-corrected chi connectivity index (χ1v) is 3.96. The summed E-state index contributed by atoms with van der Waals surface area (Å²) in [5.74, 6) is -1.44. The molecule has 0 unspecified atom stereocenters. The van der Waals surface area contributed by atoms with E-state index < -0.39 is 29.4 Å². The molecule has 16 heavy (non-hydrogen) atoms. The summed E-state index contributed by atoms with van der Waals surface area (Å²) in [6, 6.07) is 0. The Bertz CT molecular complexity index is 406. The van der Waals surface area contributed by atoms with Crippen LogP contribution in [0.25, 0.3) is 0 Å². The maximum atomic E-state index is 12.2. The van der Waals surface area contributed by atoms with Crippen LogP contribution in [-0.4, -0.2) is 30.2 Å². The van der Waals surface area contributed by atoms with E-state index in [-0.39, 0.29) is 0 Å². The van der Waals surface area contributed by atoms with Gasteiger partial charge in [-0.1, -0.05) is 0 Å². The predicted molar refractivity (Wildman–Crippen MR) is 44.9 cm³/mol. The molecule has 1 aromatic rings. The molecule has 0 spiro atoms. The van der Waals surface area contributed by atoms with Gasteiger partial charge in [0.05, 0.1) is 20.4 Å². The molecular weight excluding hydrogens is 229 g/mol. The number of carbonyl (C=O) groups is 1. The molecule has 0 N–H and O–H groups in total. The van der Waals surface area contributed by atoms with Gasteiger partial charge in [-0.2, -0.15) is 13.2 Å². The van der Waals surface area contributed by atoms with Crippen molar-refractivity contribution < 1.29 is 27.4 Å². The molecule has 1 heterocycles. The highest BCUT2D eigenvalue weighted by molar-refractivity contribution is 5.89. The quantitative estimate of drug-likeness (QED) is 0.724. The van der Waals surface area contributed by atoms with Gasteiger partial charge >= 0.3 is 12.1 Å². The van der Waals surface area contributed by atoms with Crippen LogP contribution in [0.2, 0.25) is 0 Å². The second kappa shape index (κ2) is 4.33. The van der Waals surface area contributed by atoms with Gasteiger partial charge in [0.2, 0.25) is 11.6 Å². The van der Waals surface area contributed by atoms with Crippen LogP contribution in [0.4, 0.5) is 13.2 Å². The fourth-order valence-electron chi connectivity index (χ4n) is 0.888. The number of halogens is 3. The van der Waals surface area contributed by atoms with E-state index in [0.717, 1.165) is 14.2 Å². The minimum Gasteiger partial charge on any atom is -0.479 e. The molecule has 88 valence electrons. The van der Waals surface area contributed by atoms with Crippen molar-refractivity contribution in [2.45, 2.75) is 6.18 Å². The summed E-state index contributed by atoms with van der Waals surface area (Å²) >= 11 is 0. The summed E-state index contributed by atoms with van der Waals surface area (Å²) in [4.78, 5) is 17.5. The van der Waals surface area contributed by atoms with E-state index >= 15 is 0 Å². The van der Waals surface area contributed by atoms with Gasteiger partial charge in [-0.15, -0.1) is 0 Å². The summed E-state index contributed by atoms with van der Waals surface area (Å²) < 4.78 is 45.6. The molecule has 1 rings (SSSR count). The Kier molecular flexibility index (Phi) is 3.31. The third-order valence-corrected chi connectivity index (χ3v) is 1.60. The number of alkyl halides is 3. The second-order valence-corrected chi connectivity index (χ2v) is 2.60. The Balaban J connectivity index is 3.22. The van der Waals surface area contributed by atoms with Crippen LogP contribution >= 0.6 is 0 Å². The van der Waals surface area contributed by atoms with Gasteiger partial charge in [0.15, 0.2) is 5.69 Å². The van der Waals surface area contributed by atoms with E-state index in [1.165, 1.54) is 0 Å². The zero-order valence-corrected chi connectivity index (χ0v) is 8.33. The monoisotopic (exact) mass is 236 g/mol. The van der Waals surface area contributed by atoms with Crippen LogP contribution in [0.15, 0.2) is 6.20 Å². The molecule has 0 atom stereocenters. The first kappa shape index (κ1) is 12.2. The SMILES string of the molecule is COC(=O)c1ncc(C(F)(F)F)nc1OC. The second-order valence-electron chi connectivity index (χ2n) is 2.60. The van der Waals surface area contributed by atoms with E-state index in [1.807, 2.05) is 0 Å². The van der Waals surface area contributed by atoms with Crippen molar-refractivity contribution in [1.82, 2.24) is 9.97 Å². The van der Waals surface area contributed by atoms with Gasteiger partial charge in [-0.05, 0) is 0 Å².